The van der Waals surface area contributed by atoms with Crippen LogP contribution in [0.25, 0.3) is 0 Å². The molecule has 1 heterocycles. The van der Waals surface area contributed by atoms with Crippen LogP contribution in [0, 0.1) is 0 Å². The van der Waals surface area contributed by atoms with E-state index in [9.17, 15) is 4.79 Å². The monoisotopic (exact) mass is 306 g/mol. The Labute approximate surface area is 132 Å². The van der Waals surface area contributed by atoms with Gasteiger partial charge in [0, 0.05) is 6.54 Å². The first kappa shape index (κ1) is 16.5. The summed E-state index contributed by atoms with van der Waals surface area (Å²) in [7, 11) is 1.60. The summed E-state index contributed by atoms with van der Waals surface area (Å²) in [6.07, 6.45) is 0.464. The molecular weight excluding hydrogens is 280 g/mol. The van der Waals surface area contributed by atoms with E-state index in [1.54, 1.807) is 12.0 Å². The second kappa shape index (κ2) is 5.38. The van der Waals surface area contributed by atoms with Gasteiger partial charge in [0.15, 0.2) is 0 Å². The van der Waals surface area contributed by atoms with E-state index < -0.39 is 11.1 Å². The average Bonchev–Trinajstić information content (AvgIpc) is 2.35. The van der Waals surface area contributed by atoms with Gasteiger partial charge in [-0.25, -0.2) is 4.79 Å². The van der Waals surface area contributed by atoms with Gasteiger partial charge < -0.3 is 15.2 Å². The summed E-state index contributed by atoms with van der Waals surface area (Å²) in [5, 5.41) is 0. The Morgan fingerprint density at radius 1 is 1.32 bits per heavy atom. The van der Waals surface area contributed by atoms with Crippen molar-refractivity contribution in [3.63, 3.8) is 0 Å². The van der Waals surface area contributed by atoms with Crippen LogP contribution in [0.15, 0.2) is 12.1 Å². The van der Waals surface area contributed by atoms with E-state index in [4.69, 9.17) is 15.2 Å². The van der Waals surface area contributed by atoms with Crippen molar-refractivity contribution in [2.24, 2.45) is 0 Å². The zero-order chi connectivity index (χ0) is 16.7. The van der Waals surface area contributed by atoms with Crippen LogP contribution in [0.5, 0.6) is 5.75 Å². The van der Waals surface area contributed by atoms with E-state index in [-0.39, 0.29) is 6.09 Å². The third kappa shape index (κ3) is 2.98. The second-order valence-electron chi connectivity index (χ2n) is 7.19. The third-order valence-corrected chi connectivity index (χ3v) is 4.01. The van der Waals surface area contributed by atoms with E-state index in [1.165, 1.54) is 0 Å². The average molecular weight is 306 g/mol. The maximum Gasteiger partial charge on any atom is 0.411 e. The smallest absolute Gasteiger partial charge is 0.411 e. The highest BCUT2D eigenvalue weighted by molar-refractivity contribution is 5.71. The molecule has 122 valence electrons. The summed E-state index contributed by atoms with van der Waals surface area (Å²) in [5.41, 5.74) is 7.84. The van der Waals surface area contributed by atoms with Gasteiger partial charge in [0.1, 0.15) is 11.4 Å². The molecular formula is C17H26N2O3. The molecule has 5 heteroatoms. The first-order chi connectivity index (χ1) is 10.1. The highest BCUT2D eigenvalue weighted by Crippen LogP contribution is 2.40. The quantitative estimate of drug-likeness (QED) is 0.808. The van der Waals surface area contributed by atoms with Crippen LogP contribution in [-0.2, 0) is 16.7 Å². The lowest BCUT2D eigenvalue weighted by molar-refractivity contribution is -0.000346. The van der Waals surface area contributed by atoms with E-state index >= 15 is 0 Å². The van der Waals surface area contributed by atoms with Gasteiger partial charge in [0.2, 0.25) is 0 Å². The highest BCUT2D eigenvalue weighted by Gasteiger charge is 2.40. The van der Waals surface area contributed by atoms with Crippen LogP contribution in [-0.4, -0.2) is 30.2 Å². The molecule has 0 saturated heterocycles. The molecule has 0 aliphatic carbocycles. The molecule has 0 aromatic heterocycles. The summed E-state index contributed by atoms with van der Waals surface area (Å²) in [6.45, 7) is 10.3. The van der Waals surface area contributed by atoms with E-state index in [2.05, 4.69) is 0 Å². The number of nitrogens with two attached hydrogens (primary N) is 1. The number of fused-ring (bicyclic) bond motifs is 1. The predicted molar refractivity (Wildman–Crippen MR) is 87.1 cm³/mol. The Kier molecular flexibility index (Phi) is 4.02. The van der Waals surface area contributed by atoms with Gasteiger partial charge in [0.05, 0.1) is 18.3 Å². The number of amides is 1. The largest absolute Gasteiger partial charge is 0.495 e. The summed E-state index contributed by atoms with van der Waals surface area (Å²) in [5.74, 6) is 0.637. The number of hydrogen-bond acceptors (Lipinski definition) is 4. The number of rotatable bonds is 1. The van der Waals surface area contributed by atoms with Crippen LogP contribution in [0.2, 0.25) is 0 Å². The standard InChI is InChI=1S/C17H26N2O3/c1-16(2,3)22-15(20)19-8-7-11-9-13(18)14(21-6)10-12(11)17(19,4)5/h9-10H,7-8,18H2,1-6H3. The molecule has 0 atom stereocenters. The fraction of sp³-hybridized carbons (Fsp3) is 0.588. The van der Waals surface area contributed by atoms with Crippen molar-refractivity contribution >= 4 is 11.8 Å². The third-order valence-electron chi connectivity index (χ3n) is 4.01. The van der Waals surface area contributed by atoms with Gasteiger partial charge in [0.25, 0.3) is 0 Å². The summed E-state index contributed by atoms with van der Waals surface area (Å²) in [6, 6.07) is 3.88. The molecule has 0 spiro atoms. The molecule has 5 nitrogen and oxygen atoms in total. The summed E-state index contributed by atoms with van der Waals surface area (Å²) in [4.78, 5) is 14.3. The number of nitrogens with zero attached hydrogens (tertiary/aromatic N) is 1. The molecule has 1 aromatic carbocycles. The van der Waals surface area contributed by atoms with Crippen molar-refractivity contribution in [2.75, 3.05) is 19.4 Å². The molecule has 0 saturated carbocycles. The molecule has 0 bridgehead atoms. The fourth-order valence-corrected chi connectivity index (χ4v) is 2.89. The number of carbonyl (C=O) groups excluding carboxylic acids is 1. The lowest BCUT2D eigenvalue weighted by atomic mass is 9.83. The number of nitrogen functional groups attached to an aromatic ring is 1. The first-order valence-electron chi connectivity index (χ1n) is 7.54. The Morgan fingerprint density at radius 2 is 1.95 bits per heavy atom. The van der Waals surface area contributed by atoms with Crippen LogP contribution in [0.3, 0.4) is 0 Å². The van der Waals surface area contributed by atoms with Gasteiger partial charge in [-0.05, 0) is 64.3 Å². The highest BCUT2D eigenvalue weighted by atomic mass is 16.6. The SMILES string of the molecule is COc1cc2c(cc1N)CCN(C(=O)OC(C)(C)C)C2(C)C. The van der Waals surface area contributed by atoms with E-state index in [1.807, 2.05) is 46.8 Å². The maximum atomic E-state index is 12.5. The topological polar surface area (TPSA) is 64.8 Å². The minimum Gasteiger partial charge on any atom is -0.495 e. The van der Waals surface area contributed by atoms with Crippen molar-refractivity contribution in [3.05, 3.63) is 23.3 Å². The molecule has 1 amide bonds. The summed E-state index contributed by atoms with van der Waals surface area (Å²) < 4.78 is 10.9. The normalized spacial score (nSPS) is 16.9. The van der Waals surface area contributed by atoms with Crippen LogP contribution < -0.4 is 10.5 Å². The van der Waals surface area contributed by atoms with Crippen molar-refractivity contribution in [3.8, 4) is 5.75 Å². The van der Waals surface area contributed by atoms with Gasteiger partial charge in [-0.1, -0.05) is 0 Å². The predicted octanol–water partition coefficient (Wildman–Crippen LogP) is 3.31. The van der Waals surface area contributed by atoms with Gasteiger partial charge >= 0.3 is 6.09 Å². The lowest BCUT2D eigenvalue weighted by Crippen LogP contribution is -2.51. The van der Waals surface area contributed by atoms with Crippen LogP contribution >= 0.6 is 0 Å². The Bertz CT molecular complexity index is 588. The molecule has 0 unspecified atom stereocenters. The van der Waals surface area contributed by atoms with Crippen molar-refractivity contribution in [2.45, 2.75) is 52.2 Å². The molecule has 1 aromatic rings. The van der Waals surface area contributed by atoms with Crippen LogP contribution in [0.1, 0.15) is 45.7 Å². The number of ether oxygens (including phenoxy) is 2. The number of methoxy groups -OCH3 is 1. The Morgan fingerprint density at radius 3 is 2.50 bits per heavy atom. The minimum absolute atomic E-state index is 0.293. The zero-order valence-corrected chi connectivity index (χ0v) is 14.3. The van der Waals surface area contributed by atoms with Crippen molar-refractivity contribution < 1.29 is 14.3 Å². The first-order valence-corrected chi connectivity index (χ1v) is 7.54. The number of anilines is 1. The molecule has 1 aliphatic heterocycles. The Balaban J connectivity index is 2.39. The molecule has 0 fully saturated rings. The molecule has 1 aliphatic rings. The summed E-state index contributed by atoms with van der Waals surface area (Å²) >= 11 is 0. The van der Waals surface area contributed by atoms with Gasteiger partial charge in [-0.15, -0.1) is 0 Å². The Hall–Kier alpha value is -1.91. The fourth-order valence-electron chi connectivity index (χ4n) is 2.89. The molecule has 22 heavy (non-hydrogen) atoms. The van der Waals surface area contributed by atoms with Crippen molar-refractivity contribution in [1.29, 1.82) is 0 Å². The molecule has 2 rings (SSSR count). The second-order valence-corrected chi connectivity index (χ2v) is 7.19. The number of carbonyl (C=O) groups is 1. The van der Waals surface area contributed by atoms with Gasteiger partial charge in [-0.2, -0.15) is 0 Å². The van der Waals surface area contributed by atoms with Crippen molar-refractivity contribution in [1.82, 2.24) is 4.90 Å². The van der Waals surface area contributed by atoms with Gasteiger partial charge in [-0.3, -0.25) is 4.90 Å². The van der Waals surface area contributed by atoms with E-state index in [0.29, 0.717) is 18.0 Å². The molecule has 0 radical (unpaired) electrons. The number of hydrogen-bond donors (Lipinski definition) is 1. The lowest BCUT2D eigenvalue weighted by Gasteiger charge is -2.44. The zero-order valence-electron chi connectivity index (χ0n) is 14.3. The number of benzene rings is 1. The maximum absolute atomic E-state index is 12.5. The van der Waals surface area contributed by atoms with E-state index in [0.717, 1.165) is 17.5 Å². The van der Waals surface area contributed by atoms with Crippen LogP contribution in [0.4, 0.5) is 10.5 Å². The minimum atomic E-state index is -0.508. The molecule has 2 N–H and O–H groups in total.